The van der Waals surface area contributed by atoms with E-state index in [1.807, 2.05) is 24.3 Å². The van der Waals surface area contributed by atoms with E-state index in [0.29, 0.717) is 11.6 Å². The van der Waals surface area contributed by atoms with Crippen molar-refractivity contribution in [3.05, 3.63) is 36.4 Å². The molecule has 1 atom stereocenters. The number of ether oxygens (including phenoxy) is 1. The Morgan fingerprint density at radius 3 is 2.52 bits per heavy atom. The van der Waals surface area contributed by atoms with Crippen LogP contribution in [0.4, 0.5) is 0 Å². The quantitative estimate of drug-likeness (QED) is 0.431. The lowest BCUT2D eigenvalue weighted by atomic mass is 9.94. The fraction of sp³-hybridized carbons (Fsp3) is 0.471. The molecule has 1 saturated carbocycles. The number of nitrogens with two attached hydrogens (primary N) is 1. The Morgan fingerprint density at radius 1 is 1.43 bits per heavy atom. The highest BCUT2D eigenvalue weighted by atomic mass is 16.5. The van der Waals surface area contributed by atoms with Gasteiger partial charge in [-0.3, -0.25) is 10.0 Å². The van der Waals surface area contributed by atoms with Crippen LogP contribution in [0.3, 0.4) is 0 Å². The third-order valence-electron chi connectivity index (χ3n) is 3.82. The number of carbonyl (C=O) groups is 1. The van der Waals surface area contributed by atoms with Gasteiger partial charge in [0.25, 0.3) is 5.91 Å². The van der Waals surface area contributed by atoms with Crippen LogP contribution in [0.2, 0.25) is 0 Å². The van der Waals surface area contributed by atoms with Crippen molar-refractivity contribution in [1.82, 2.24) is 10.8 Å². The number of hydrogen-bond acceptors (Lipinski definition) is 5. The molecule has 0 aromatic heterocycles. The van der Waals surface area contributed by atoms with Gasteiger partial charge in [0.05, 0.1) is 6.61 Å². The van der Waals surface area contributed by atoms with Gasteiger partial charge in [0.2, 0.25) is 0 Å². The number of benzene rings is 1. The van der Waals surface area contributed by atoms with Crippen LogP contribution < -0.4 is 21.3 Å². The summed E-state index contributed by atoms with van der Waals surface area (Å²) in [5, 5.41) is 11.8. The largest absolute Gasteiger partial charge is 0.493 e. The van der Waals surface area contributed by atoms with Crippen LogP contribution in [-0.2, 0) is 4.79 Å². The van der Waals surface area contributed by atoms with Gasteiger partial charge >= 0.3 is 0 Å². The number of rotatable bonds is 8. The average molecular weight is 319 g/mol. The van der Waals surface area contributed by atoms with E-state index in [0.717, 1.165) is 17.9 Å². The van der Waals surface area contributed by atoms with E-state index in [4.69, 9.17) is 15.7 Å². The zero-order valence-electron chi connectivity index (χ0n) is 13.6. The first kappa shape index (κ1) is 17.3. The average Bonchev–Trinajstić information content (AvgIpc) is 3.33. The molecule has 0 saturated heterocycles. The molecule has 1 fully saturated rings. The number of carbonyl (C=O) groups excluding carboxylic acids is 1. The van der Waals surface area contributed by atoms with Gasteiger partial charge in [0.1, 0.15) is 11.8 Å². The lowest BCUT2D eigenvalue weighted by molar-refractivity contribution is -0.132. The van der Waals surface area contributed by atoms with Gasteiger partial charge in [-0.25, -0.2) is 5.48 Å². The lowest BCUT2D eigenvalue weighted by Crippen LogP contribution is -2.59. The molecule has 2 rings (SSSR count). The summed E-state index contributed by atoms with van der Waals surface area (Å²) in [6, 6.07) is 6.67. The molecule has 0 unspecified atom stereocenters. The Morgan fingerprint density at radius 2 is 2.04 bits per heavy atom. The molecule has 0 bridgehead atoms. The fourth-order valence-electron chi connectivity index (χ4n) is 2.16. The first-order valence-electron chi connectivity index (χ1n) is 7.72. The molecule has 0 heterocycles. The molecule has 1 aromatic rings. The summed E-state index contributed by atoms with van der Waals surface area (Å²) in [6.45, 7) is 8.10. The van der Waals surface area contributed by atoms with Crippen LogP contribution >= 0.6 is 0 Å². The Hall–Kier alpha value is -2.05. The van der Waals surface area contributed by atoms with Crippen LogP contribution in [0.1, 0.15) is 32.3 Å². The molecule has 0 aliphatic heterocycles. The minimum atomic E-state index is -0.872. The molecule has 0 radical (unpaired) electrons. The zero-order valence-corrected chi connectivity index (χ0v) is 13.6. The normalized spacial score (nSPS) is 15.7. The van der Waals surface area contributed by atoms with Gasteiger partial charge in [-0.05, 0) is 62.4 Å². The van der Waals surface area contributed by atoms with Crippen molar-refractivity contribution in [2.75, 3.05) is 6.61 Å². The molecule has 23 heavy (non-hydrogen) atoms. The fourth-order valence-corrected chi connectivity index (χ4v) is 2.16. The summed E-state index contributed by atoms with van der Waals surface area (Å²) in [6.07, 6.45) is 2.50. The van der Waals surface area contributed by atoms with Crippen molar-refractivity contribution < 1.29 is 14.7 Å². The number of nitrogens with one attached hydrogen (secondary N) is 2. The lowest BCUT2D eigenvalue weighted by Gasteiger charge is -2.30. The second kappa shape index (κ2) is 7.02. The predicted octanol–water partition coefficient (Wildman–Crippen LogP) is 1.65. The third-order valence-corrected chi connectivity index (χ3v) is 3.82. The highest BCUT2D eigenvalue weighted by Crippen LogP contribution is 2.29. The van der Waals surface area contributed by atoms with E-state index in [1.165, 1.54) is 12.8 Å². The topological polar surface area (TPSA) is 96.6 Å². The van der Waals surface area contributed by atoms with E-state index >= 15 is 0 Å². The molecule has 1 aromatic carbocycles. The van der Waals surface area contributed by atoms with Crippen LogP contribution in [0.25, 0.3) is 5.70 Å². The first-order chi connectivity index (χ1) is 10.8. The summed E-state index contributed by atoms with van der Waals surface area (Å²) in [5.41, 5.74) is 8.11. The van der Waals surface area contributed by atoms with E-state index in [1.54, 1.807) is 19.3 Å². The maximum absolute atomic E-state index is 11.8. The molecule has 1 aliphatic rings. The van der Waals surface area contributed by atoms with Gasteiger partial charge in [-0.15, -0.1) is 0 Å². The standard InChI is InChI=1S/C17H25N3O3/c1-11(19-15(16(21)20-22)17(2,3)18)13-6-8-14(9-7-13)23-10-12-4-5-12/h6-9,12,15,19,22H,1,4-5,10,18H2,2-3H3,(H,20,21)/t15-/m1/s1. The summed E-state index contributed by atoms with van der Waals surface area (Å²) in [4.78, 5) is 11.8. The zero-order chi connectivity index (χ0) is 17.0. The van der Waals surface area contributed by atoms with Crippen LogP contribution in [-0.4, -0.2) is 29.3 Å². The van der Waals surface area contributed by atoms with Gasteiger partial charge in [0.15, 0.2) is 0 Å². The molecule has 6 nitrogen and oxygen atoms in total. The SMILES string of the molecule is C=C(N[C@H](C(=O)NO)C(C)(C)N)c1ccc(OCC2CC2)cc1. The number of hydrogen-bond donors (Lipinski definition) is 4. The summed E-state index contributed by atoms with van der Waals surface area (Å²) < 4.78 is 5.69. The Labute approximate surface area is 136 Å². The molecule has 0 spiro atoms. The Kier molecular flexibility index (Phi) is 5.28. The van der Waals surface area contributed by atoms with E-state index in [2.05, 4.69) is 11.9 Å². The second-order valence-corrected chi connectivity index (χ2v) is 6.63. The molecule has 6 heteroatoms. The highest BCUT2D eigenvalue weighted by Gasteiger charge is 2.32. The maximum Gasteiger partial charge on any atom is 0.267 e. The van der Waals surface area contributed by atoms with Crippen molar-refractivity contribution >= 4 is 11.6 Å². The van der Waals surface area contributed by atoms with Crippen molar-refractivity contribution in [2.45, 2.75) is 38.3 Å². The number of amides is 1. The molecule has 1 amide bonds. The van der Waals surface area contributed by atoms with E-state index in [9.17, 15) is 4.79 Å². The third kappa shape index (κ3) is 4.97. The van der Waals surface area contributed by atoms with E-state index < -0.39 is 17.5 Å². The van der Waals surface area contributed by atoms with Crippen molar-refractivity contribution in [1.29, 1.82) is 0 Å². The first-order valence-corrected chi connectivity index (χ1v) is 7.72. The van der Waals surface area contributed by atoms with Crippen LogP contribution in [0, 0.1) is 5.92 Å². The minimum absolute atomic E-state index is 0.547. The van der Waals surface area contributed by atoms with E-state index in [-0.39, 0.29) is 0 Å². The van der Waals surface area contributed by atoms with Crippen molar-refractivity contribution in [2.24, 2.45) is 11.7 Å². The number of hydroxylamine groups is 1. The maximum atomic E-state index is 11.8. The monoisotopic (exact) mass is 319 g/mol. The molecule has 1 aliphatic carbocycles. The molecular weight excluding hydrogens is 294 g/mol. The van der Waals surface area contributed by atoms with Gasteiger partial charge < -0.3 is 15.8 Å². The molecule has 126 valence electrons. The minimum Gasteiger partial charge on any atom is -0.493 e. The van der Waals surface area contributed by atoms with Crippen molar-refractivity contribution in [3.8, 4) is 5.75 Å². The van der Waals surface area contributed by atoms with Gasteiger partial charge in [-0.1, -0.05) is 6.58 Å². The van der Waals surface area contributed by atoms with Crippen molar-refractivity contribution in [3.63, 3.8) is 0 Å². The highest BCUT2D eigenvalue weighted by molar-refractivity contribution is 5.84. The second-order valence-electron chi connectivity index (χ2n) is 6.63. The van der Waals surface area contributed by atoms with Gasteiger partial charge in [-0.2, -0.15) is 0 Å². The van der Waals surface area contributed by atoms with Gasteiger partial charge in [0, 0.05) is 11.2 Å². The summed E-state index contributed by atoms with van der Waals surface area (Å²) >= 11 is 0. The predicted molar refractivity (Wildman–Crippen MR) is 88.8 cm³/mol. The summed E-state index contributed by atoms with van der Waals surface area (Å²) in [7, 11) is 0. The smallest absolute Gasteiger partial charge is 0.267 e. The Bertz CT molecular complexity index is 559. The van der Waals surface area contributed by atoms with Crippen LogP contribution in [0.5, 0.6) is 5.75 Å². The molecule has 5 N–H and O–H groups in total. The van der Waals surface area contributed by atoms with Crippen LogP contribution in [0.15, 0.2) is 30.8 Å². The molecular formula is C17H25N3O3. The summed E-state index contributed by atoms with van der Waals surface area (Å²) in [5.74, 6) is 0.913. The Balaban J connectivity index is 1.99.